The lowest BCUT2D eigenvalue weighted by molar-refractivity contribution is -0.000184. The number of ether oxygens (including phenoxy) is 1. The van der Waals surface area contributed by atoms with Gasteiger partial charge in [0, 0.05) is 25.2 Å². The molecular formula is C15H31N3O. The van der Waals surface area contributed by atoms with E-state index in [4.69, 9.17) is 10.5 Å². The van der Waals surface area contributed by atoms with Crippen LogP contribution in [0.5, 0.6) is 0 Å². The molecule has 0 aromatic rings. The molecule has 112 valence electrons. The molecule has 0 radical (unpaired) electrons. The van der Waals surface area contributed by atoms with Gasteiger partial charge in [-0.15, -0.1) is 0 Å². The Morgan fingerprint density at radius 3 is 2.63 bits per heavy atom. The van der Waals surface area contributed by atoms with Crippen LogP contribution in [0.2, 0.25) is 0 Å². The zero-order chi connectivity index (χ0) is 13.7. The van der Waals surface area contributed by atoms with Crippen molar-refractivity contribution in [1.82, 2.24) is 9.80 Å². The molecule has 0 spiro atoms. The van der Waals surface area contributed by atoms with E-state index in [1.54, 1.807) is 0 Å². The number of piperidine rings is 1. The van der Waals surface area contributed by atoms with Gasteiger partial charge in [-0.3, -0.25) is 4.90 Å². The van der Waals surface area contributed by atoms with Crippen LogP contribution in [-0.2, 0) is 4.74 Å². The molecule has 0 amide bonds. The molecule has 0 bridgehead atoms. The average Bonchev–Trinajstić information content (AvgIpc) is 2.48. The Kier molecular flexibility index (Phi) is 5.63. The van der Waals surface area contributed by atoms with E-state index >= 15 is 0 Å². The number of nitrogens with zero attached hydrogens (tertiary/aromatic N) is 2. The maximum Gasteiger partial charge on any atom is 0.0506 e. The highest BCUT2D eigenvalue weighted by Crippen LogP contribution is 2.28. The van der Waals surface area contributed by atoms with Gasteiger partial charge in [0.05, 0.1) is 6.61 Å². The van der Waals surface area contributed by atoms with Gasteiger partial charge in [-0.1, -0.05) is 6.92 Å². The highest BCUT2D eigenvalue weighted by Gasteiger charge is 2.37. The lowest BCUT2D eigenvalue weighted by atomic mass is 9.85. The first-order chi connectivity index (χ1) is 9.20. The SMILES string of the molecule is CCN1CCC(CN)(N(C)CC2CCCOC2)CC1. The van der Waals surface area contributed by atoms with E-state index in [1.165, 1.54) is 45.3 Å². The van der Waals surface area contributed by atoms with E-state index in [0.717, 1.165) is 26.3 Å². The number of rotatable bonds is 5. The standard InChI is InChI=1S/C15H31N3O/c1-3-18-8-6-15(13-16,7-9-18)17(2)11-14-5-4-10-19-12-14/h14H,3-13,16H2,1-2H3. The summed E-state index contributed by atoms with van der Waals surface area (Å²) in [6.07, 6.45) is 4.95. The van der Waals surface area contributed by atoms with Crippen molar-refractivity contribution in [2.45, 2.75) is 38.1 Å². The molecule has 2 saturated heterocycles. The van der Waals surface area contributed by atoms with Gasteiger partial charge < -0.3 is 15.4 Å². The Morgan fingerprint density at radius 2 is 2.11 bits per heavy atom. The summed E-state index contributed by atoms with van der Waals surface area (Å²) >= 11 is 0. The monoisotopic (exact) mass is 269 g/mol. The molecule has 19 heavy (non-hydrogen) atoms. The van der Waals surface area contributed by atoms with Gasteiger partial charge in [0.1, 0.15) is 0 Å². The fourth-order valence-corrected chi connectivity index (χ4v) is 3.56. The third-order valence-corrected chi connectivity index (χ3v) is 5.21. The summed E-state index contributed by atoms with van der Waals surface area (Å²) in [5.74, 6) is 0.700. The highest BCUT2D eigenvalue weighted by molar-refractivity contribution is 4.95. The van der Waals surface area contributed by atoms with Gasteiger partial charge in [-0.05, 0) is 58.3 Å². The summed E-state index contributed by atoms with van der Waals surface area (Å²) in [6.45, 7) is 9.62. The molecule has 0 aliphatic carbocycles. The first-order valence-electron chi connectivity index (χ1n) is 7.91. The lowest BCUT2D eigenvalue weighted by Gasteiger charge is -2.48. The van der Waals surface area contributed by atoms with Crippen molar-refractivity contribution >= 4 is 0 Å². The second-order valence-electron chi connectivity index (χ2n) is 6.33. The van der Waals surface area contributed by atoms with Crippen molar-refractivity contribution in [3.63, 3.8) is 0 Å². The smallest absolute Gasteiger partial charge is 0.0506 e. The van der Waals surface area contributed by atoms with Crippen LogP contribution >= 0.6 is 0 Å². The summed E-state index contributed by atoms with van der Waals surface area (Å²) in [5.41, 5.74) is 6.37. The second kappa shape index (κ2) is 7.02. The molecular weight excluding hydrogens is 238 g/mol. The minimum Gasteiger partial charge on any atom is -0.381 e. The molecule has 4 heteroatoms. The Labute approximate surface area is 118 Å². The van der Waals surface area contributed by atoms with E-state index < -0.39 is 0 Å². The zero-order valence-electron chi connectivity index (χ0n) is 12.7. The average molecular weight is 269 g/mol. The molecule has 2 aliphatic heterocycles. The minimum atomic E-state index is 0.225. The highest BCUT2D eigenvalue weighted by atomic mass is 16.5. The lowest BCUT2D eigenvalue weighted by Crippen LogP contribution is -2.59. The van der Waals surface area contributed by atoms with Gasteiger partial charge in [-0.25, -0.2) is 0 Å². The number of nitrogens with two attached hydrogens (primary N) is 1. The van der Waals surface area contributed by atoms with Gasteiger partial charge in [0.15, 0.2) is 0 Å². The first kappa shape index (κ1) is 15.2. The predicted octanol–water partition coefficient (Wildman–Crippen LogP) is 1.16. The number of likely N-dealkylation sites (tertiary alicyclic amines) is 1. The summed E-state index contributed by atoms with van der Waals surface area (Å²) in [4.78, 5) is 5.07. The zero-order valence-corrected chi connectivity index (χ0v) is 12.7. The molecule has 0 aromatic carbocycles. The molecule has 0 saturated carbocycles. The number of hydrogen-bond acceptors (Lipinski definition) is 4. The van der Waals surface area contributed by atoms with Crippen molar-refractivity contribution in [2.75, 3.05) is 53.0 Å². The third-order valence-electron chi connectivity index (χ3n) is 5.21. The summed E-state index contributed by atoms with van der Waals surface area (Å²) in [7, 11) is 2.27. The van der Waals surface area contributed by atoms with E-state index in [2.05, 4.69) is 23.8 Å². The topological polar surface area (TPSA) is 41.7 Å². The van der Waals surface area contributed by atoms with Crippen molar-refractivity contribution in [2.24, 2.45) is 11.7 Å². The van der Waals surface area contributed by atoms with Crippen LogP contribution in [0.1, 0.15) is 32.6 Å². The molecule has 2 N–H and O–H groups in total. The van der Waals surface area contributed by atoms with E-state index in [9.17, 15) is 0 Å². The summed E-state index contributed by atoms with van der Waals surface area (Å²) in [6, 6.07) is 0. The largest absolute Gasteiger partial charge is 0.381 e. The quantitative estimate of drug-likeness (QED) is 0.813. The van der Waals surface area contributed by atoms with Gasteiger partial charge in [0.2, 0.25) is 0 Å². The third kappa shape index (κ3) is 3.69. The molecule has 2 rings (SSSR count). The second-order valence-corrected chi connectivity index (χ2v) is 6.33. The number of hydrogen-bond donors (Lipinski definition) is 1. The van der Waals surface area contributed by atoms with E-state index in [0.29, 0.717) is 5.92 Å². The first-order valence-corrected chi connectivity index (χ1v) is 7.91. The predicted molar refractivity (Wildman–Crippen MR) is 79.3 cm³/mol. The Bertz CT molecular complexity index is 258. The van der Waals surface area contributed by atoms with Crippen molar-refractivity contribution < 1.29 is 4.74 Å². The van der Waals surface area contributed by atoms with Crippen LogP contribution in [0.4, 0.5) is 0 Å². The minimum absolute atomic E-state index is 0.225. The van der Waals surface area contributed by atoms with Crippen molar-refractivity contribution in [3.05, 3.63) is 0 Å². The van der Waals surface area contributed by atoms with Crippen LogP contribution < -0.4 is 5.73 Å². The van der Waals surface area contributed by atoms with Crippen molar-refractivity contribution in [1.29, 1.82) is 0 Å². The van der Waals surface area contributed by atoms with Gasteiger partial charge in [-0.2, -0.15) is 0 Å². The summed E-state index contributed by atoms with van der Waals surface area (Å²) in [5, 5.41) is 0. The molecule has 4 nitrogen and oxygen atoms in total. The maximum absolute atomic E-state index is 6.14. The van der Waals surface area contributed by atoms with E-state index in [-0.39, 0.29) is 5.54 Å². The molecule has 2 fully saturated rings. The Balaban J connectivity index is 1.88. The van der Waals surface area contributed by atoms with Crippen LogP contribution in [-0.4, -0.2) is 68.3 Å². The fourth-order valence-electron chi connectivity index (χ4n) is 3.56. The fraction of sp³-hybridized carbons (Fsp3) is 1.00. The van der Waals surface area contributed by atoms with Crippen molar-refractivity contribution in [3.8, 4) is 0 Å². The van der Waals surface area contributed by atoms with Crippen LogP contribution in [0.15, 0.2) is 0 Å². The molecule has 2 heterocycles. The van der Waals surface area contributed by atoms with Crippen LogP contribution in [0, 0.1) is 5.92 Å². The maximum atomic E-state index is 6.14. The summed E-state index contributed by atoms with van der Waals surface area (Å²) < 4.78 is 5.61. The van der Waals surface area contributed by atoms with E-state index in [1.807, 2.05) is 0 Å². The normalized spacial score (nSPS) is 28.7. The van der Waals surface area contributed by atoms with Gasteiger partial charge in [0.25, 0.3) is 0 Å². The Morgan fingerprint density at radius 1 is 1.37 bits per heavy atom. The van der Waals surface area contributed by atoms with Crippen LogP contribution in [0.25, 0.3) is 0 Å². The molecule has 1 atom stereocenters. The molecule has 0 aromatic heterocycles. The Hall–Kier alpha value is -0.160. The number of likely N-dealkylation sites (N-methyl/N-ethyl adjacent to an activating group) is 1. The molecule has 2 aliphatic rings. The molecule has 1 unspecified atom stereocenters. The van der Waals surface area contributed by atoms with Crippen LogP contribution in [0.3, 0.4) is 0 Å². The van der Waals surface area contributed by atoms with Gasteiger partial charge >= 0.3 is 0 Å².